The maximum atomic E-state index is 6.12. The molecule has 23 heavy (non-hydrogen) atoms. The second kappa shape index (κ2) is 6.82. The lowest BCUT2D eigenvalue weighted by Gasteiger charge is -2.32. The lowest BCUT2D eigenvalue weighted by atomic mass is 9.78. The average molecular weight is 314 g/mol. The number of hydrogen-bond donors (Lipinski definition) is 0. The summed E-state index contributed by atoms with van der Waals surface area (Å²) in [4.78, 5) is 0. The van der Waals surface area contributed by atoms with Crippen molar-refractivity contribution in [1.82, 2.24) is 0 Å². The van der Waals surface area contributed by atoms with Gasteiger partial charge in [-0.25, -0.2) is 0 Å². The molecule has 1 aromatic carbocycles. The summed E-state index contributed by atoms with van der Waals surface area (Å²) in [6.45, 7) is 16.5. The molecule has 1 atom stereocenters. The van der Waals surface area contributed by atoms with Gasteiger partial charge in [-0.05, 0) is 63.0 Å². The summed E-state index contributed by atoms with van der Waals surface area (Å²) in [6.07, 6.45) is 5.52. The van der Waals surface area contributed by atoms with Crippen LogP contribution >= 0.6 is 0 Å². The first-order chi connectivity index (χ1) is 10.7. The van der Waals surface area contributed by atoms with E-state index in [-0.39, 0.29) is 18.3 Å². The van der Waals surface area contributed by atoms with Crippen LogP contribution in [0, 0.1) is 5.92 Å². The van der Waals surface area contributed by atoms with Gasteiger partial charge in [0.05, 0.1) is 11.2 Å². The normalized spacial score (nSPS) is 23.9. The monoisotopic (exact) mass is 314 g/mol. The average Bonchev–Trinajstić information content (AvgIpc) is 2.97. The molecule has 1 aliphatic heterocycles. The summed E-state index contributed by atoms with van der Waals surface area (Å²) in [5.41, 5.74) is 3.44. The van der Waals surface area contributed by atoms with Crippen LogP contribution in [0.5, 0.6) is 0 Å². The van der Waals surface area contributed by atoms with Gasteiger partial charge in [0.1, 0.15) is 0 Å². The van der Waals surface area contributed by atoms with Gasteiger partial charge >= 0.3 is 7.12 Å². The van der Waals surface area contributed by atoms with E-state index in [1.54, 1.807) is 0 Å². The number of benzene rings is 1. The molecule has 126 valence electrons. The third-order valence-electron chi connectivity index (χ3n) is 5.05. The van der Waals surface area contributed by atoms with Crippen molar-refractivity contribution in [3.05, 3.63) is 42.0 Å². The van der Waals surface area contributed by atoms with Crippen LogP contribution in [0.4, 0.5) is 0 Å². The summed E-state index contributed by atoms with van der Waals surface area (Å²) in [6, 6.07) is 6.62. The summed E-state index contributed by atoms with van der Waals surface area (Å²) in [5.74, 6) is 0.582. The lowest BCUT2D eigenvalue weighted by Crippen LogP contribution is -2.41. The van der Waals surface area contributed by atoms with Gasteiger partial charge in [0.2, 0.25) is 0 Å². The van der Waals surface area contributed by atoms with E-state index < -0.39 is 0 Å². The van der Waals surface area contributed by atoms with Crippen LogP contribution in [0.25, 0.3) is 0 Å². The van der Waals surface area contributed by atoms with E-state index in [9.17, 15) is 0 Å². The highest BCUT2D eigenvalue weighted by molar-refractivity contribution is 6.62. The van der Waals surface area contributed by atoms with E-state index in [0.717, 1.165) is 18.3 Å². The minimum absolute atomic E-state index is 0.256. The van der Waals surface area contributed by atoms with Crippen molar-refractivity contribution in [2.75, 3.05) is 0 Å². The fourth-order valence-electron chi connectivity index (χ4n) is 2.96. The second-order valence-electron chi connectivity index (χ2n) is 7.73. The molecule has 3 rings (SSSR count). The fraction of sp³-hybridized carbons (Fsp3) is 0.600. The molecule has 0 N–H and O–H groups in total. The number of allylic oxidation sites excluding steroid dienone is 1. The van der Waals surface area contributed by atoms with E-state index >= 15 is 0 Å². The highest BCUT2D eigenvalue weighted by atomic mass is 16.7. The van der Waals surface area contributed by atoms with Crippen molar-refractivity contribution in [3.63, 3.8) is 0 Å². The van der Waals surface area contributed by atoms with Crippen molar-refractivity contribution in [1.29, 1.82) is 0 Å². The SMILES string of the molecule is C=CC1Cc2ccc(B3OC(C)(C)C(C)(C)O3)cc2C1.CCC. The second-order valence-corrected chi connectivity index (χ2v) is 7.73. The van der Waals surface area contributed by atoms with E-state index in [1.165, 1.54) is 17.5 Å². The van der Waals surface area contributed by atoms with Gasteiger partial charge in [-0.1, -0.05) is 44.5 Å². The Hall–Kier alpha value is -1.06. The molecule has 1 heterocycles. The van der Waals surface area contributed by atoms with Crippen molar-refractivity contribution in [3.8, 4) is 0 Å². The minimum atomic E-state index is -0.277. The van der Waals surface area contributed by atoms with Gasteiger partial charge in [0.25, 0.3) is 0 Å². The first kappa shape index (κ1) is 18.3. The Labute approximate surface area is 142 Å². The predicted molar refractivity (Wildman–Crippen MR) is 99.2 cm³/mol. The molecule has 2 nitrogen and oxygen atoms in total. The summed E-state index contributed by atoms with van der Waals surface area (Å²) in [7, 11) is -0.256. The smallest absolute Gasteiger partial charge is 0.399 e. The van der Waals surface area contributed by atoms with E-state index in [4.69, 9.17) is 9.31 Å². The molecular formula is C20H31BO2. The molecule has 0 saturated carbocycles. The van der Waals surface area contributed by atoms with Gasteiger partial charge in [0.15, 0.2) is 0 Å². The molecule has 0 radical (unpaired) electrons. The van der Waals surface area contributed by atoms with Gasteiger partial charge in [-0.3, -0.25) is 0 Å². The van der Waals surface area contributed by atoms with E-state index in [2.05, 4.69) is 72.4 Å². The molecule has 1 saturated heterocycles. The predicted octanol–water partition coefficient (Wildman–Crippen LogP) is 4.30. The van der Waals surface area contributed by atoms with Crippen LogP contribution in [-0.4, -0.2) is 18.3 Å². The molecule has 0 aromatic heterocycles. The minimum Gasteiger partial charge on any atom is -0.399 e. The van der Waals surface area contributed by atoms with Crippen molar-refractivity contribution < 1.29 is 9.31 Å². The van der Waals surface area contributed by atoms with Crippen molar-refractivity contribution in [2.24, 2.45) is 5.92 Å². The molecule has 1 fully saturated rings. The third kappa shape index (κ3) is 3.72. The van der Waals surface area contributed by atoms with E-state index in [0.29, 0.717) is 5.92 Å². The molecule has 1 aliphatic carbocycles. The van der Waals surface area contributed by atoms with Gasteiger partial charge in [-0.2, -0.15) is 0 Å². The molecule has 0 amide bonds. The first-order valence-corrected chi connectivity index (χ1v) is 8.84. The highest BCUT2D eigenvalue weighted by Gasteiger charge is 2.51. The van der Waals surface area contributed by atoms with Crippen LogP contribution in [-0.2, 0) is 22.2 Å². The Morgan fingerprint density at radius 2 is 1.61 bits per heavy atom. The molecule has 3 heteroatoms. The Bertz CT molecular complexity index is 547. The molecule has 0 bridgehead atoms. The Kier molecular flexibility index (Phi) is 5.42. The molecule has 1 unspecified atom stereocenters. The topological polar surface area (TPSA) is 18.5 Å². The first-order valence-electron chi connectivity index (χ1n) is 8.84. The maximum Gasteiger partial charge on any atom is 0.494 e. The quantitative estimate of drug-likeness (QED) is 0.598. The molecule has 2 aliphatic rings. The molecular weight excluding hydrogens is 283 g/mol. The van der Waals surface area contributed by atoms with Crippen molar-refractivity contribution in [2.45, 2.75) is 72.0 Å². The number of hydrogen-bond acceptors (Lipinski definition) is 2. The van der Waals surface area contributed by atoms with Crippen LogP contribution in [0.1, 0.15) is 59.1 Å². The largest absolute Gasteiger partial charge is 0.494 e. The van der Waals surface area contributed by atoms with Gasteiger partial charge < -0.3 is 9.31 Å². The Morgan fingerprint density at radius 1 is 1.09 bits per heavy atom. The number of fused-ring (bicyclic) bond motifs is 1. The maximum absolute atomic E-state index is 6.12. The fourth-order valence-corrected chi connectivity index (χ4v) is 2.96. The highest BCUT2D eigenvalue weighted by Crippen LogP contribution is 2.37. The zero-order valence-corrected chi connectivity index (χ0v) is 15.6. The van der Waals surface area contributed by atoms with Gasteiger partial charge in [-0.15, -0.1) is 6.58 Å². The summed E-state index contributed by atoms with van der Waals surface area (Å²) < 4.78 is 12.2. The van der Waals surface area contributed by atoms with Crippen LogP contribution < -0.4 is 5.46 Å². The van der Waals surface area contributed by atoms with Crippen LogP contribution in [0.2, 0.25) is 0 Å². The Morgan fingerprint density at radius 3 is 2.13 bits per heavy atom. The van der Waals surface area contributed by atoms with Crippen LogP contribution in [0.3, 0.4) is 0 Å². The number of rotatable bonds is 2. The zero-order chi connectivity index (χ0) is 17.3. The standard InChI is InChI=1S/C17H23BO2.C3H8/c1-6-12-9-13-7-8-15(11-14(13)10-12)18-19-16(2,3)17(4,5)20-18;1-3-2/h6-8,11-12H,1,9-10H2,2-5H3;3H2,1-2H3. The van der Waals surface area contributed by atoms with E-state index in [1.807, 2.05) is 0 Å². The lowest BCUT2D eigenvalue weighted by molar-refractivity contribution is 0.00578. The van der Waals surface area contributed by atoms with Crippen molar-refractivity contribution >= 4 is 12.6 Å². The molecule has 0 spiro atoms. The zero-order valence-electron chi connectivity index (χ0n) is 15.6. The summed E-state index contributed by atoms with van der Waals surface area (Å²) >= 11 is 0. The summed E-state index contributed by atoms with van der Waals surface area (Å²) in [5, 5.41) is 0. The van der Waals surface area contributed by atoms with Crippen LogP contribution in [0.15, 0.2) is 30.9 Å². The third-order valence-corrected chi connectivity index (χ3v) is 5.05. The Balaban J connectivity index is 0.000000595. The molecule has 1 aromatic rings. The van der Waals surface area contributed by atoms with Gasteiger partial charge in [0, 0.05) is 0 Å².